The van der Waals surface area contributed by atoms with Crippen LogP contribution in [0.1, 0.15) is 52.5 Å². The molecule has 0 saturated carbocycles. The van der Waals surface area contributed by atoms with Gasteiger partial charge in [0, 0.05) is 16.7 Å². The second-order valence-corrected chi connectivity index (χ2v) is 4.82. The van der Waals surface area contributed by atoms with Crippen molar-refractivity contribution in [1.82, 2.24) is 0 Å². The third-order valence-electron chi connectivity index (χ3n) is 3.40. The van der Waals surface area contributed by atoms with Crippen molar-refractivity contribution in [3.8, 4) is 0 Å². The van der Waals surface area contributed by atoms with Crippen LogP contribution in [0.25, 0.3) is 0 Å². The van der Waals surface area contributed by atoms with Gasteiger partial charge in [-0.1, -0.05) is 25.0 Å². The minimum atomic E-state index is -0.178. The molecule has 0 aliphatic heterocycles. The van der Waals surface area contributed by atoms with Gasteiger partial charge in [0.2, 0.25) is 5.78 Å². The normalized spacial score (nSPS) is 14.7. The van der Waals surface area contributed by atoms with E-state index in [9.17, 15) is 9.59 Å². The van der Waals surface area contributed by atoms with Crippen molar-refractivity contribution in [3.63, 3.8) is 0 Å². The van der Waals surface area contributed by atoms with Crippen LogP contribution in [-0.2, 0) is 4.74 Å². The molecule has 19 heavy (non-hydrogen) atoms. The molecule has 1 aliphatic carbocycles. The molecule has 0 radical (unpaired) electrons. The van der Waals surface area contributed by atoms with Crippen LogP contribution in [0.5, 0.6) is 0 Å². The van der Waals surface area contributed by atoms with Gasteiger partial charge in [0.15, 0.2) is 11.5 Å². The van der Waals surface area contributed by atoms with E-state index in [4.69, 9.17) is 4.74 Å². The average Bonchev–Trinajstić information content (AvgIpc) is 2.41. The summed E-state index contributed by atoms with van der Waals surface area (Å²) in [7, 11) is 1.45. The zero-order valence-electron chi connectivity index (χ0n) is 11.6. The minimum Gasteiger partial charge on any atom is -0.492 e. The molecule has 0 atom stereocenters. The monoisotopic (exact) mass is 258 g/mol. The lowest BCUT2D eigenvalue weighted by Gasteiger charge is -2.20. The Kier molecular flexibility index (Phi) is 3.84. The summed E-state index contributed by atoms with van der Waals surface area (Å²) < 4.78 is 5.18. The smallest absolute Gasteiger partial charge is 0.228 e. The third-order valence-corrected chi connectivity index (χ3v) is 3.40. The zero-order valence-corrected chi connectivity index (χ0v) is 11.6. The molecule has 1 aliphatic rings. The first-order valence-corrected chi connectivity index (χ1v) is 6.57. The van der Waals surface area contributed by atoms with Crippen molar-refractivity contribution >= 4 is 11.6 Å². The number of carbonyl (C=O) groups is 2. The molecule has 0 bridgehead atoms. The van der Waals surface area contributed by atoms with Gasteiger partial charge < -0.3 is 4.74 Å². The van der Waals surface area contributed by atoms with Crippen LogP contribution in [0.4, 0.5) is 0 Å². The molecule has 2 rings (SSSR count). The van der Waals surface area contributed by atoms with Gasteiger partial charge in [-0.25, -0.2) is 0 Å². The molecular weight excluding hydrogens is 240 g/mol. The Balaban J connectivity index is 2.53. The first kappa shape index (κ1) is 13.5. The average molecular weight is 258 g/mol. The second kappa shape index (κ2) is 5.39. The standard InChI is InChI=1S/C16H18O3/c1-4-5-6-12-14(17)13-9-10(2)7-8-11(13)15(18)16(12)19-3/h7-9H,4-6H2,1-3H3. The summed E-state index contributed by atoms with van der Waals surface area (Å²) in [5, 5.41) is 0. The summed E-state index contributed by atoms with van der Waals surface area (Å²) in [6.45, 7) is 3.97. The van der Waals surface area contributed by atoms with Gasteiger partial charge in [-0.15, -0.1) is 0 Å². The number of ketones is 2. The fourth-order valence-corrected chi connectivity index (χ4v) is 2.37. The maximum absolute atomic E-state index is 12.5. The topological polar surface area (TPSA) is 43.4 Å². The Labute approximate surface area is 113 Å². The van der Waals surface area contributed by atoms with Crippen LogP contribution in [0.3, 0.4) is 0 Å². The number of ether oxygens (including phenoxy) is 1. The molecule has 0 heterocycles. The number of hydrogen-bond donors (Lipinski definition) is 0. The molecule has 0 aromatic heterocycles. The second-order valence-electron chi connectivity index (χ2n) is 4.82. The number of hydrogen-bond acceptors (Lipinski definition) is 3. The summed E-state index contributed by atoms with van der Waals surface area (Å²) in [6.07, 6.45) is 2.45. The predicted molar refractivity (Wildman–Crippen MR) is 73.4 cm³/mol. The fraction of sp³-hybridized carbons (Fsp3) is 0.375. The summed E-state index contributed by atoms with van der Waals surface area (Å²) >= 11 is 0. The van der Waals surface area contributed by atoms with E-state index in [2.05, 4.69) is 6.92 Å². The van der Waals surface area contributed by atoms with Crippen molar-refractivity contribution in [1.29, 1.82) is 0 Å². The SMILES string of the molecule is CCCCC1=C(OC)C(=O)c2ccc(C)cc2C1=O. The fourth-order valence-electron chi connectivity index (χ4n) is 2.37. The van der Waals surface area contributed by atoms with Gasteiger partial charge >= 0.3 is 0 Å². The van der Waals surface area contributed by atoms with E-state index in [1.165, 1.54) is 7.11 Å². The quantitative estimate of drug-likeness (QED) is 0.830. The van der Waals surface area contributed by atoms with Crippen molar-refractivity contribution in [2.45, 2.75) is 33.1 Å². The Hall–Kier alpha value is -1.90. The number of aryl methyl sites for hydroxylation is 1. The van der Waals surface area contributed by atoms with E-state index < -0.39 is 0 Å². The molecule has 1 aromatic rings. The number of unbranched alkanes of at least 4 members (excludes halogenated alkanes) is 1. The van der Waals surface area contributed by atoms with Gasteiger partial charge in [0.1, 0.15) is 0 Å². The Morgan fingerprint density at radius 3 is 2.47 bits per heavy atom. The molecule has 3 heteroatoms. The van der Waals surface area contributed by atoms with Crippen molar-refractivity contribution in [2.75, 3.05) is 7.11 Å². The highest BCUT2D eigenvalue weighted by Gasteiger charge is 2.32. The van der Waals surface area contributed by atoms with E-state index in [-0.39, 0.29) is 17.3 Å². The molecule has 0 spiro atoms. The van der Waals surface area contributed by atoms with E-state index in [1.807, 2.05) is 13.0 Å². The summed E-state index contributed by atoms with van der Waals surface area (Å²) in [5.41, 5.74) is 2.47. The van der Waals surface area contributed by atoms with Crippen LogP contribution in [0, 0.1) is 6.92 Å². The molecule has 0 unspecified atom stereocenters. The number of fused-ring (bicyclic) bond motifs is 1. The van der Waals surface area contributed by atoms with Gasteiger partial charge in [0.05, 0.1) is 7.11 Å². The lowest BCUT2D eigenvalue weighted by molar-refractivity contribution is 0.0902. The van der Waals surface area contributed by atoms with Crippen LogP contribution in [-0.4, -0.2) is 18.7 Å². The van der Waals surface area contributed by atoms with Crippen LogP contribution in [0.2, 0.25) is 0 Å². The molecule has 0 amide bonds. The molecule has 0 fully saturated rings. The number of carbonyl (C=O) groups excluding carboxylic acids is 2. The van der Waals surface area contributed by atoms with Crippen molar-refractivity contribution in [3.05, 3.63) is 46.2 Å². The van der Waals surface area contributed by atoms with E-state index in [0.717, 1.165) is 18.4 Å². The number of methoxy groups -OCH3 is 1. The van der Waals surface area contributed by atoms with E-state index >= 15 is 0 Å². The first-order valence-electron chi connectivity index (χ1n) is 6.57. The first-order chi connectivity index (χ1) is 9.10. The molecule has 1 aromatic carbocycles. The maximum atomic E-state index is 12.5. The van der Waals surface area contributed by atoms with Gasteiger partial charge in [-0.05, 0) is 31.9 Å². The molecular formula is C16H18O3. The van der Waals surface area contributed by atoms with Crippen LogP contribution < -0.4 is 0 Å². The summed E-state index contributed by atoms with van der Waals surface area (Å²) in [5.74, 6) is -0.0263. The largest absolute Gasteiger partial charge is 0.492 e. The van der Waals surface area contributed by atoms with Crippen LogP contribution in [0.15, 0.2) is 29.5 Å². The molecule has 3 nitrogen and oxygen atoms in total. The molecule has 0 N–H and O–H groups in total. The zero-order chi connectivity index (χ0) is 14.0. The number of allylic oxidation sites excluding steroid dienone is 2. The lowest BCUT2D eigenvalue weighted by Crippen LogP contribution is -2.23. The molecule has 100 valence electrons. The van der Waals surface area contributed by atoms with Gasteiger partial charge in [0.25, 0.3) is 0 Å². The van der Waals surface area contributed by atoms with E-state index in [1.54, 1.807) is 12.1 Å². The highest BCUT2D eigenvalue weighted by Crippen LogP contribution is 2.30. The minimum absolute atomic E-state index is 0.0661. The Morgan fingerprint density at radius 1 is 1.11 bits per heavy atom. The van der Waals surface area contributed by atoms with E-state index in [0.29, 0.717) is 23.1 Å². The number of Topliss-reactive ketones (excluding diaryl/α,β-unsaturated/α-hetero) is 2. The maximum Gasteiger partial charge on any atom is 0.228 e. The van der Waals surface area contributed by atoms with Gasteiger partial charge in [-0.2, -0.15) is 0 Å². The third kappa shape index (κ3) is 2.33. The Morgan fingerprint density at radius 2 is 1.84 bits per heavy atom. The molecule has 0 saturated heterocycles. The van der Waals surface area contributed by atoms with Gasteiger partial charge in [-0.3, -0.25) is 9.59 Å². The number of benzene rings is 1. The Bertz CT molecular complexity index is 567. The summed E-state index contributed by atoms with van der Waals surface area (Å²) in [4.78, 5) is 24.8. The van der Waals surface area contributed by atoms with Crippen molar-refractivity contribution in [2.24, 2.45) is 0 Å². The predicted octanol–water partition coefficient (Wildman–Crippen LogP) is 3.46. The summed E-state index contributed by atoms with van der Waals surface area (Å²) in [6, 6.07) is 5.34. The van der Waals surface area contributed by atoms with Crippen molar-refractivity contribution < 1.29 is 14.3 Å². The number of rotatable bonds is 4. The highest BCUT2D eigenvalue weighted by molar-refractivity contribution is 6.26. The lowest BCUT2D eigenvalue weighted by atomic mass is 9.85. The van der Waals surface area contributed by atoms with Crippen LogP contribution >= 0.6 is 0 Å². The highest BCUT2D eigenvalue weighted by atomic mass is 16.5.